The van der Waals surface area contributed by atoms with Gasteiger partial charge in [0.2, 0.25) is 0 Å². The lowest BCUT2D eigenvalue weighted by Crippen LogP contribution is -2.44. The second-order valence-electron chi connectivity index (χ2n) is 4.40. The highest BCUT2D eigenvalue weighted by atomic mass is 16.6. The smallest absolute Gasteiger partial charge is 0.333 e. The molecule has 0 radical (unpaired) electrons. The summed E-state index contributed by atoms with van der Waals surface area (Å²) in [6, 6.07) is 1.58. The Hall–Kier alpha value is -1.69. The average Bonchev–Trinajstić information content (AvgIpc) is 2.35. The highest BCUT2D eigenvalue weighted by molar-refractivity contribution is 5.47. The molecule has 100 valence electrons. The van der Waals surface area contributed by atoms with Gasteiger partial charge >= 0.3 is 5.69 Å². The van der Waals surface area contributed by atoms with E-state index < -0.39 is 10.5 Å². The molecule has 2 N–H and O–H groups in total. The largest absolute Gasteiger partial charge is 0.471 e. The zero-order valence-corrected chi connectivity index (χ0v) is 11.0. The molecule has 0 aliphatic rings. The van der Waals surface area contributed by atoms with Crippen LogP contribution in [0.1, 0.15) is 32.3 Å². The lowest BCUT2D eigenvalue weighted by molar-refractivity contribution is -0.386. The van der Waals surface area contributed by atoms with Crippen molar-refractivity contribution in [2.45, 2.75) is 39.2 Å². The van der Waals surface area contributed by atoms with Crippen LogP contribution in [-0.4, -0.2) is 22.1 Å². The van der Waals surface area contributed by atoms with Gasteiger partial charge in [0.05, 0.1) is 4.92 Å². The lowest BCUT2D eigenvalue weighted by atomic mass is 9.96. The molecule has 0 atom stereocenters. The number of aromatic nitrogens is 1. The van der Waals surface area contributed by atoms with Gasteiger partial charge in [-0.25, -0.2) is 4.98 Å². The maximum atomic E-state index is 11.0. The van der Waals surface area contributed by atoms with Gasteiger partial charge in [0.15, 0.2) is 0 Å². The van der Waals surface area contributed by atoms with Crippen molar-refractivity contribution in [3.05, 3.63) is 27.9 Å². The molecule has 0 saturated heterocycles. The van der Waals surface area contributed by atoms with Crippen LogP contribution in [0.5, 0.6) is 5.88 Å². The molecule has 1 aromatic rings. The van der Waals surface area contributed by atoms with Crippen LogP contribution in [0.25, 0.3) is 0 Å². The van der Waals surface area contributed by atoms with Crippen LogP contribution in [-0.2, 0) is 0 Å². The third kappa shape index (κ3) is 3.16. The van der Waals surface area contributed by atoms with Crippen LogP contribution in [0, 0.1) is 17.0 Å². The van der Waals surface area contributed by atoms with Gasteiger partial charge < -0.3 is 10.5 Å². The molecule has 0 spiro atoms. The molecule has 0 saturated carbocycles. The van der Waals surface area contributed by atoms with Crippen LogP contribution < -0.4 is 10.5 Å². The van der Waals surface area contributed by atoms with Crippen molar-refractivity contribution in [3.63, 3.8) is 0 Å². The van der Waals surface area contributed by atoms with E-state index >= 15 is 0 Å². The molecule has 0 aliphatic heterocycles. The Bertz CT molecular complexity index is 431. The number of hydrogen-bond acceptors (Lipinski definition) is 5. The van der Waals surface area contributed by atoms with Gasteiger partial charge in [0.1, 0.15) is 6.61 Å². The van der Waals surface area contributed by atoms with Crippen LogP contribution in [0.3, 0.4) is 0 Å². The van der Waals surface area contributed by atoms with E-state index in [1.807, 2.05) is 13.8 Å². The maximum absolute atomic E-state index is 11.0. The first-order chi connectivity index (χ1) is 8.43. The van der Waals surface area contributed by atoms with Crippen LogP contribution in [0.15, 0.2) is 12.3 Å². The first-order valence-corrected chi connectivity index (χ1v) is 5.95. The summed E-state index contributed by atoms with van der Waals surface area (Å²) >= 11 is 0. The molecule has 6 heteroatoms. The normalized spacial score (nSPS) is 11.3. The number of nitrogens with two attached hydrogens (primary N) is 1. The monoisotopic (exact) mass is 253 g/mol. The number of hydrogen-bond donors (Lipinski definition) is 1. The Morgan fingerprint density at radius 2 is 2.11 bits per heavy atom. The third-order valence-electron chi connectivity index (χ3n) is 3.18. The molecule has 18 heavy (non-hydrogen) atoms. The molecule has 1 aromatic heterocycles. The molecular formula is C12H19N3O3. The van der Waals surface area contributed by atoms with Gasteiger partial charge in [0, 0.05) is 17.3 Å². The highest BCUT2D eigenvalue weighted by Crippen LogP contribution is 2.28. The van der Waals surface area contributed by atoms with Crippen molar-refractivity contribution in [3.8, 4) is 5.88 Å². The van der Waals surface area contributed by atoms with E-state index in [1.165, 1.54) is 6.20 Å². The number of nitrogens with zero attached hydrogens (tertiary/aromatic N) is 2. The van der Waals surface area contributed by atoms with Crippen molar-refractivity contribution >= 4 is 5.69 Å². The zero-order chi connectivity index (χ0) is 13.8. The fourth-order valence-electron chi connectivity index (χ4n) is 1.52. The maximum Gasteiger partial charge on any atom is 0.333 e. The Morgan fingerprint density at radius 3 is 2.61 bits per heavy atom. The number of aryl methyl sites for hydroxylation is 1. The third-order valence-corrected chi connectivity index (χ3v) is 3.18. The predicted molar refractivity (Wildman–Crippen MR) is 68.6 cm³/mol. The number of pyridine rings is 1. The topological polar surface area (TPSA) is 91.3 Å². The van der Waals surface area contributed by atoms with Gasteiger partial charge in [-0.2, -0.15) is 0 Å². The van der Waals surface area contributed by atoms with E-state index in [9.17, 15) is 10.1 Å². The molecule has 1 rings (SSSR count). The van der Waals surface area contributed by atoms with Crippen molar-refractivity contribution in [2.24, 2.45) is 5.73 Å². The van der Waals surface area contributed by atoms with Crippen LogP contribution in [0.4, 0.5) is 5.69 Å². The van der Waals surface area contributed by atoms with Crippen LogP contribution >= 0.6 is 0 Å². The molecule has 6 nitrogen and oxygen atoms in total. The Kier molecular flexibility index (Phi) is 4.61. The number of ether oxygens (including phenoxy) is 1. The van der Waals surface area contributed by atoms with Crippen LogP contribution in [0.2, 0.25) is 0 Å². The molecule has 0 amide bonds. The first-order valence-electron chi connectivity index (χ1n) is 5.95. The van der Waals surface area contributed by atoms with Crippen molar-refractivity contribution in [1.29, 1.82) is 0 Å². The minimum absolute atomic E-state index is 0.0386. The van der Waals surface area contributed by atoms with E-state index in [2.05, 4.69) is 4.98 Å². The van der Waals surface area contributed by atoms with Gasteiger partial charge in [-0.15, -0.1) is 0 Å². The second-order valence-corrected chi connectivity index (χ2v) is 4.40. The SMILES string of the molecule is CCC(N)(CC)COc1nccc(C)c1[N+](=O)[O-]. The fraction of sp³-hybridized carbons (Fsp3) is 0.583. The number of rotatable bonds is 6. The minimum atomic E-state index is -0.478. The van der Waals surface area contributed by atoms with Gasteiger partial charge in [-0.05, 0) is 25.8 Å². The second kappa shape index (κ2) is 5.77. The fourth-order valence-corrected chi connectivity index (χ4v) is 1.52. The van der Waals surface area contributed by atoms with Gasteiger partial charge in [-0.1, -0.05) is 13.8 Å². The van der Waals surface area contributed by atoms with E-state index in [0.29, 0.717) is 5.56 Å². The minimum Gasteiger partial charge on any atom is -0.471 e. The zero-order valence-electron chi connectivity index (χ0n) is 11.0. The van der Waals surface area contributed by atoms with E-state index in [-0.39, 0.29) is 18.2 Å². The predicted octanol–water partition coefficient (Wildman–Crippen LogP) is 2.19. The quantitative estimate of drug-likeness (QED) is 0.619. The summed E-state index contributed by atoms with van der Waals surface area (Å²) in [5, 5.41) is 11.0. The van der Waals surface area contributed by atoms with Gasteiger partial charge in [-0.3, -0.25) is 10.1 Å². The molecular weight excluding hydrogens is 234 g/mol. The molecule has 0 aromatic carbocycles. The summed E-state index contributed by atoms with van der Waals surface area (Å²) in [5.41, 5.74) is 6.05. The van der Waals surface area contributed by atoms with Crippen molar-refractivity contribution < 1.29 is 9.66 Å². The van der Waals surface area contributed by atoms with Crippen molar-refractivity contribution in [1.82, 2.24) is 4.98 Å². The van der Waals surface area contributed by atoms with Crippen molar-refractivity contribution in [2.75, 3.05) is 6.61 Å². The Morgan fingerprint density at radius 1 is 1.50 bits per heavy atom. The number of nitro groups is 1. The lowest BCUT2D eigenvalue weighted by Gasteiger charge is -2.26. The average molecular weight is 253 g/mol. The summed E-state index contributed by atoms with van der Waals surface area (Å²) in [4.78, 5) is 14.4. The molecule has 0 bridgehead atoms. The molecule has 0 unspecified atom stereocenters. The van der Waals surface area contributed by atoms with E-state index in [4.69, 9.17) is 10.5 Å². The summed E-state index contributed by atoms with van der Waals surface area (Å²) in [6.45, 7) is 5.80. The summed E-state index contributed by atoms with van der Waals surface area (Å²) < 4.78 is 5.45. The van der Waals surface area contributed by atoms with E-state index in [1.54, 1.807) is 13.0 Å². The molecule has 0 fully saturated rings. The Labute approximate surface area is 106 Å². The van der Waals surface area contributed by atoms with Gasteiger partial charge in [0.25, 0.3) is 5.88 Å². The molecule has 1 heterocycles. The summed E-state index contributed by atoms with van der Waals surface area (Å²) in [5.74, 6) is 0.0386. The molecule has 0 aliphatic carbocycles. The Balaban J connectivity index is 2.92. The highest BCUT2D eigenvalue weighted by Gasteiger charge is 2.25. The first kappa shape index (κ1) is 14.4. The summed E-state index contributed by atoms with van der Waals surface area (Å²) in [7, 11) is 0. The summed E-state index contributed by atoms with van der Waals surface area (Å²) in [6.07, 6.45) is 2.97. The van der Waals surface area contributed by atoms with E-state index in [0.717, 1.165) is 12.8 Å². The standard InChI is InChI=1S/C12H19N3O3/c1-4-12(13,5-2)8-18-11-10(15(16)17)9(3)6-7-14-11/h6-7H,4-5,8,13H2,1-3H3.